The van der Waals surface area contributed by atoms with Gasteiger partial charge in [0.15, 0.2) is 5.96 Å². The second-order valence-electron chi connectivity index (χ2n) is 5.11. The Morgan fingerprint density at radius 2 is 1.91 bits per heavy atom. The Morgan fingerprint density at radius 3 is 2.45 bits per heavy atom. The molecule has 0 atom stereocenters. The van der Waals surface area contributed by atoms with Gasteiger partial charge in [-0.3, -0.25) is 0 Å². The topological polar surface area (TPSA) is 40.5 Å². The second kappa shape index (κ2) is 9.09. The smallest absolute Gasteiger partial charge is 0.194 e. The average Bonchev–Trinajstić information content (AvgIpc) is 2.77. The highest BCUT2D eigenvalue weighted by Crippen LogP contribution is 2.16. The SMILES string of the molecule is Cc1nc(C)c(CNC(=NCc2ccccc2)N(C)C)s1.I. The van der Waals surface area contributed by atoms with Gasteiger partial charge in [0.1, 0.15) is 0 Å². The minimum atomic E-state index is 0. The van der Waals surface area contributed by atoms with Crippen LogP contribution in [0, 0.1) is 13.8 Å². The molecular weight excluding hydrogens is 407 g/mol. The van der Waals surface area contributed by atoms with E-state index in [4.69, 9.17) is 0 Å². The quantitative estimate of drug-likeness (QED) is 0.458. The molecule has 0 radical (unpaired) electrons. The van der Waals surface area contributed by atoms with Crippen molar-refractivity contribution in [1.29, 1.82) is 0 Å². The predicted octanol–water partition coefficient (Wildman–Crippen LogP) is 3.59. The van der Waals surface area contributed by atoms with Crippen molar-refractivity contribution >= 4 is 41.3 Å². The molecule has 2 rings (SSSR count). The van der Waals surface area contributed by atoms with Gasteiger partial charge in [-0.15, -0.1) is 35.3 Å². The minimum Gasteiger partial charge on any atom is -0.351 e. The van der Waals surface area contributed by atoms with Crippen LogP contribution in [-0.2, 0) is 13.1 Å². The van der Waals surface area contributed by atoms with Crippen molar-refractivity contribution in [2.75, 3.05) is 14.1 Å². The molecule has 0 fully saturated rings. The maximum Gasteiger partial charge on any atom is 0.194 e. The molecule has 0 aliphatic carbocycles. The highest BCUT2D eigenvalue weighted by molar-refractivity contribution is 14.0. The lowest BCUT2D eigenvalue weighted by atomic mass is 10.2. The average molecular weight is 430 g/mol. The molecule has 0 aliphatic rings. The molecule has 1 heterocycles. The van der Waals surface area contributed by atoms with Crippen LogP contribution in [0.25, 0.3) is 0 Å². The van der Waals surface area contributed by atoms with E-state index in [0.717, 1.165) is 23.2 Å². The number of hydrogen-bond donors (Lipinski definition) is 1. The maximum atomic E-state index is 4.66. The lowest BCUT2D eigenvalue weighted by molar-refractivity contribution is 0.579. The van der Waals surface area contributed by atoms with E-state index >= 15 is 0 Å². The Bertz CT molecular complexity index is 608. The van der Waals surface area contributed by atoms with Crippen LogP contribution in [-0.4, -0.2) is 29.9 Å². The molecule has 0 bridgehead atoms. The van der Waals surface area contributed by atoms with Crippen LogP contribution < -0.4 is 5.32 Å². The number of rotatable bonds is 4. The zero-order valence-electron chi connectivity index (χ0n) is 13.5. The van der Waals surface area contributed by atoms with Gasteiger partial charge in [0, 0.05) is 19.0 Å². The predicted molar refractivity (Wildman–Crippen MR) is 105 cm³/mol. The largest absolute Gasteiger partial charge is 0.351 e. The van der Waals surface area contributed by atoms with E-state index in [1.165, 1.54) is 10.4 Å². The summed E-state index contributed by atoms with van der Waals surface area (Å²) in [6.45, 7) is 5.54. The molecule has 0 unspecified atom stereocenters. The number of nitrogens with zero attached hydrogens (tertiary/aromatic N) is 3. The Kier molecular flexibility index (Phi) is 7.81. The number of hydrogen-bond acceptors (Lipinski definition) is 3. The van der Waals surface area contributed by atoms with Gasteiger partial charge < -0.3 is 10.2 Å². The fourth-order valence-corrected chi connectivity index (χ4v) is 2.88. The normalized spacial score (nSPS) is 11.0. The molecule has 1 N–H and O–H groups in total. The van der Waals surface area contributed by atoms with Gasteiger partial charge in [0.2, 0.25) is 0 Å². The number of guanidine groups is 1. The summed E-state index contributed by atoms with van der Waals surface area (Å²) in [6, 6.07) is 10.3. The zero-order chi connectivity index (χ0) is 15.2. The van der Waals surface area contributed by atoms with E-state index in [1.807, 2.05) is 44.1 Å². The molecule has 4 nitrogen and oxygen atoms in total. The Hall–Kier alpha value is -1.15. The van der Waals surface area contributed by atoms with Crippen LogP contribution in [0.2, 0.25) is 0 Å². The highest BCUT2D eigenvalue weighted by atomic mass is 127. The first-order valence-electron chi connectivity index (χ1n) is 6.98. The maximum absolute atomic E-state index is 4.66. The highest BCUT2D eigenvalue weighted by Gasteiger charge is 2.07. The third kappa shape index (κ3) is 5.57. The Morgan fingerprint density at radius 1 is 1.23 bits per heavy atom. The summed E-state index contributed by atoms with van der Waals surface area (Å²) in [5.74, 6) is 0.893. The van der Waals surface area contributed by atoms with Crippen LogP contribution in [0.15, 0.2) is 35.3 Å². The van der Waals surface area contributed by atoms with Crippen LogP contribution in [0.1, 0.15) is 21.1 Å². The molecule has 0 amide bonds. The molecule has 1 aromatic heterocycles. The standard InChI is InChI=1S/C16H22N4S.HI/c1-12-15(21-13(2)19-12)11-18-16(20(3)4)17-10-14-8-6-5-7-9-14;/h5-9H,10-11H2,1-4H3,(H,17,18);1H. The lowest BCUT2D eigenvalue weighted by Crippen LogP contribution is -2.36. The van der Waals surface area contributed by atoms with Crippen molar-refractivity contribution < 1.29 is 0 Å². The summed E-state index contributed by atoms with van der Waals surface area (Å²) < 4.78 is 0. The Labute approximate surface area is 153 Å². The van der Waals surface area contributed by atoms with Crippen molar-refractivity contribution in [3.63, 3.8) is 0 Å². The summed E-state index contributed by atoms with van der Waals surface area (Å²) in [5.41, 5.74) is 2.31. The van der Waals surface area contributed by atoms with E-state index in [-0.39, 0.29) is 24.0 Å². The van der Waals surface area contributed by atoms with Crippen LogP contribution >= 0.6 is 35.3 Å². The fraction of sp³-hybridized carbons (Fsp3) is 0.375. The minimum absolute atomic E-state index is 0. The van der Waals surface area contributed by atoms with Gasteiger partial charge in [-0.2, -0.15) is 0 Å². The number of halogens is 1. The molecule has 1 aromatic carbocycles. The Balaban J connectivity index is 0.00000242. The molecular formula is C16H23IN4S. The zero-order valence-corrected chi connectivity index (χ0v) is 16.6. The monoisotopic (exact) mass is 430 g/mol. The van der Waals surface area contributed by atoms with Gasteiger partial charge in [0.05, 0.1) is 23.8 Å². The van der Waals surface area contributed by atoms with E-state index in [0.29, 0.717) is 6.54 Å². The van der Waals surface area contributed by atoms with Crippen molar-refractivity contribution in [3.05, 3.63) is 51.5 Å². The van der Waals surface area contributed by atoms with Gasteiger partial charge in [-0.25, -0.2) is 9.98 Å². The van der Waals surface area contributed by atoms with E-state index < -0.39 is 0 Å². The lowest BCUT2D eigenvalue weighted by Gasteiger charge is -2.17. The van der Waals surface area contributed by atoms with E-state index in [1.54, 1.807) is 11.3 Å². The summed E-state index contributed by atoms with van der Waals surface area (Å²) in [7, 11) is 4.00. The fourth-order valence-electron chi connectivity index (χ4n) is 2.00. The molecule has 0 aliphatic heterocycles. The molecule has 120 valence electrons. The summed E-state index contributed by atoms with van der Waals surface area (Å²) >= 11 is 1.74. The second-order valence-corrected chi connectivity index (χ2v) is 6.40. The number of benzene rings is 1. The van der Waals surface area contributed by atoms with Gasteiger partial charge >= 0.3 is 0 Å². The summed E-state index contributed by atoms with van der Waals surface area (Å²) in [6.07, 6.45) is 0. The van der Waals surface area contributed by atoms with Crippen molar-refractivity contribution in [3.8, 4) is 0 Å². The molecule has 0 saturated heterocycles. The van der Waals surface area contributed by atoms with E-state index in [2.05, 4.69) is 34.3 Å². The number of aryl methyl sites for hydroxylation is 2. The third-order valence-corrected chi connectivity index (χ3v) is 4.16. The summed E-state index contributed by atoms with van der Waals surface area (Å²) in [4.78, 5) is 12.4. The summed E-state index contributed by atoms with van der Waals surface area (Å²) in [5, 5.41) is 4.51. The van der Waals surface area contributed by atoms with Crippen molar-refractivity contribution in [1.82, 2.24) is 15.2 Å². The first-order valence-corrected chi connectivity index (χ1v) is 7.80. The first kappa shape index (κ1) is 18.9. The first-order chi connectivity index (χ1) is 10.1. The van der Waals surface area contributed by atoms with Gasteiger partial charge in [-0.05, 0) is 19.4 Å². The molecule has 2 aromatic rings. The molecule has 0 spiro atoms. The third-order valence-electron chi connectivity index (χ3n) is 3.08. The van der Waals surface area contributed by atoms with Crippen molar-refractivity contribution in [2.45, 2.75) is 26.9 Å². The molecule has 6 heteroatoms. The van der Waals surface area contributed by atoms with Crippen LogP contribution in [0.4, 0.5) is 0 Å². The van der Waals surface area contributed by atoms with Gasteiger partial charge in [0.25, 0.3) is 0 Å². The number of aliphatic imine (C=N–C) groups is 1. The van der Waals surface area contributed by atoms with Crippen LogP contribution in [0.5, 0.6) is 0 Å². The molecule has 22 heavy (non-hydrogen) atoms. The van der Waals surface area contributed by atoms with E-state index in [9.17, 15) is 0 Å². The van der Waals surface area contributed by atoms with Gasteiger partial charge in [-0.1, -0.05) is 30.3 Å². The number of nitrogens with one attached hydrogen (secondary N) is 1. The number of aromatic nitrogens is 1. The molecule has 0 saturated carbocycles. The van der Waals surface area contributed by atoms with Crippen LogP contribution in [0.3, 0.4) is 0 Å². The van der Waals surface area contributed by atoms with Crippen molar-refractivity contribution in [2.24, 2.45) is 4.99 Å². The number of thiazole rings is 1.